The van der Waals surface area contributed by atoms with Crippen LogP contribution in [0.15, 0.2) is 54.7 Å². The molecular weight excluding hydrogens is 549 g/mol. The van der Waals surface area contributed by atoms with Gasteiger partial charge in [-0.2, -0.15) is 5.26 Å². The lowest BCUT2D eigenvalue weighted by atomic mass is 9.90. The van der Waals surface area contributed by atoms with E-state index < -0.39 is 0 Å². The van der Waals surface area contributed by atoms with Crippen LogP contribution in [-0.4, -0.2) is 69.5 Å². The van der Waals surface area contributed by atoms with Gasteiger partial charge in [-0.05, 0) is 54.8 Å². The summed E-state index contributed by atoms with van der Waals surface area (Å²) in [5.74, 6) is 0.0551. The van der Waals surface area contributed by atoms with Crippen molar-refractivity contribution >= 4 is 40.8 Å². The Balaban J connectivity index is 1.37. The lowest BCUT2D eigenvalue weighted by Crippen LogP contribution is -2.47. The van der Waals surface area contributed by atoms with Crippen molar-refractivity contribution in [1.29, 1.82) is 5.26 Å². The van der Waals surface area contributed by atoms with Crippen LogP contribution in [0.4, 0.5) is 5.82 Å². The summed E-state index contributed by atoms with van der Waals surface area (Å²) in [7, 11) is 0. The van der Waals surface area contributed by atoms with Gasteiger partial charge in [0.2, 0.25) is 11.8 Å². The number of carbonyl (C=O) groups excluding carboxylic acids is 2. The second-order valence-corrected chi connectivity index (χ2v) is 11.0. The summed E-state index contributed by atoms with van der Waals surface area (Å²) in [6, 6.07) is 16.6. The van der Waals surface area contributed by atoms with Crippen molar-refractivity contribution in [2.45, 2.75) is 31.7 Å². The number of benzene rings is 1. The monoisotopic (exact) mass is 577 g/mol. The fraction of sp³-hybridized carbons (Fsp3) is 0.379. The van der Waals surface area contributed by atoms with Crippen LogP contribution < -0.4 is 4.90 Å². The zero-order valence-electron chi connectivity index (χ0n) is 22.1. The minimum atomic E-state index is -0.372. The number of nitrogens with zero attached hydrogens (tertiary/aromatic N) is 7. The highest BCUT2D eigenvalue weighted by molar-refractivity contribution is 6.30. The van der Waals surface area contributed by atoms with E-state index in [2.05, 4.69) is 15.2 Å². The van der Waals surface area contributed by atoms with Gasteiger partial charge in [-0.1, -0.05) is 35.3 Å². The van der Waals surface area contributed by atoms with Crippen molar-refractivity contribution in [2.24, 2.45) is 5.92 Å². The number of anilines is 1. The zero-order valence-corrected chi connectivity index (χ0v) is 23.6. The molecule has 0 unspecified atom stereocenters. The molecule has 40 heavy (non-hydrogen) atoms. The predicted octanol–water partition coefficient (Wildman–Crippen LogP) is 4.48. The van der Waals surface area contributed by atoms with Crippen molar-refractivity contribution < 1.29 is 9.59 Å². The molecule has 0 saturated carbocycles. The highest BCUT2D eigenvalue weighted by Crippen LogP contribution is 2.36. The summed E-state index contributed by atoms with van der Waals surface area (Å²) in [4.78, 5) is 37.1. The number of hydrogen-bond acceptors (Lipinski definition) is 7. The number of aromatic nitrogens is 3. The van der Waals surface area contributed by atoms with E-state index in [9.17, 15) is 9.59 Å². The van der Waals surface area contributed by atoms with Crippen LogP contribution in [0.1, 0.15) is 48.7 Å². The molecule has 4 heterocycles. The van der Waals surface area contributed by atoms with Gasteiger partial charge in [0.25, 0.3) is 0 Å². The van der Waals surface area contributed by atoms with Gasteiger partial charge in [0.1, 0.15) is 6.07 Å². The maximum atomic E-state index is 14.1. The van der Waals surface area contributed by atoms with E-state index in [1.54, 1.807) is 31.3 Å². The molecule has 2 aliphatic rings. The van der Waals surface area contributed by atoms with Crippen LogP contribution in [0, 0.1) is 17.2 Å². The molecule has 5 rings (SSSR count). The number of rotatable bonds is 4. The molecule has 2 saturated heterocycles. The SMILES string of the molecule is CC(=O)N1CCN(C(=O)[C@@H]2CN(c3ccc(C#N)nn3)C[C@H]2c2ccc(Cl)cn2)CCC[C@H]1c1ccc(Cl)cc1. The summed E-state index contributed by atoms with van der Waals surface area (Å²) in [5.41, 5.74) is 2.06. The number of hydrogen-bond donors (Lipinski definition) is 0. The van der Waals surface area contributed by atoms with Crippen LogP contribution >= 0.6 is 23.2 Å². The molecule has 11 heteroatoms. The molecule has 0 N–H and O–H groups in total. The zero-order chi connectivity index (χ0) is 28.2. The van der Waals surface area contributed by atoms with Crippen molar-refractivity contribution in [3.05, 3.63) is 81.7 Å². The number of halogens is 2. The lowest BCUT2D eigenvalue weighted by molar-refractivity contribution is -0.139. The summed E-state index contributed by atoms with van der Waals surface area (Å²) in [6.07, 6.45) is 3.09. The average Bonchev–Trinajstić information content (AvgIpc) is 3.39. The highest BCUT2D eigenvalue weighted by Gasteiger charge is 2.42. The molecule has 2 aliphatic heterocycles. The number of carbonyl (C=O) groups is 2. The molecule has 0 aliphatic carbocycles. The molecule has 3 aromatic rings. The third-order valence-electron chi connectivity index (χ3n) is 7.72. The smallest absolute Gasteiger partial charge is 0.228 e. The van der Waals surface area contributed by atoms with Crippen molar-refractivity contribution in [1.82, 2.24) is 25.0 Å². The molecule has 2 amide bonds. The molecular formula is C29H29Cl2N7O2. The molecule has 2 aromatic heterocycles. The summed E-state index contributed by atoms with van der Waals surface area (Å²) in [5, 5.41) is 18.5. The van der Waals surface area contributed by atoms with E-state index in [-0.39, 0.29) is 35.4 Å². The lowest BCUT2D eigenvalue weighted by Gasteiger charge is -2.37. The maximum absolute atomic E-state index is 14.1. The number of amides is 2. The first-order valence-electron chi connectivity index (χ1n) is 13.3. The Labute approximate surface area is 243 Å². The Hall–Kier alpha value is -3.74. The molecule has 2 fully saturated rings. The normalized spacial score (nSPS) is 21.4. The Morgan fingerprint density at radius 3 is 2.38 bits per heavy atom. The Bertz CT molecular complexity index is 1390. The molecule has 0 radical (unpaired) electrons. The Kier molecular flexibility index (Phi) is 8.48. The first kappa shape index (κ1) is 27.8. The maximum Gasteiger partial charge on any atom is 0.228 e. The van der Waals surface area contributed by atoms with Crippen molar-refractivity contribution in [3.8, 4) is 6.07 Å². The Morgan fingerprint density at radius 1 is 0.950 bits per heavy atom. The average molecular weight is 579 g/mol. The van der Waals surface area contributed by atoms with E-state index in [0.29, 0.717) is 48.6 Å². The highest BCUT2D eigenvalue weighted by atomic mass is 35.5. The molecule has 0 bridgehead atoms. The summed E-state index contributed by atoms with van der Waals surface area (Å²) in [6.45, 7) is 4.02. The summed E-state index contributed by atoms with van der Waals surface area (Å²) >= 11 is 12.2. The fourth-order valence-electron chi connectivity index (χ4n) is 5.69. The van der Waals surface area contributed by atoms with Gasteiger partial charge in [0, 0.05) is 62.5 Å². The van der Waals surface area contributed by atoms with E-state index in [4.69, 9.17) is 28.5 Å². The molecule has 0 spiro atoms. The van der Waals surface area contributed by atoms with Crippen LogP contribution in [0.3, 0.4) is 0 Å². The standard InChI is InChI=1S/C29H29Cl2N7O2/c1-19(39)38-14-13-36(12-2-3-27(38)20-4-6-21(30)7-5-20)29(40)25-18-37(28-11-9-23(15-32)34-35-28)17-24(25)26-10-8-22(31)16-33-26/h4-11,16,24-25,27H,2-3,12-14,17-18H2,1H3/t24-,25-,27+/m1/s1. The topological polar surface area (TPSA) is 106 Å². The minimum Gasteiger partial charge on any atom is -0.354 e. The van der Waals surface area contributed by atoms with E-state index in [1.165, 1.54) is 0 Å². The van der Waals surface area contributed by atoms with Gasteiger partial charge in [-0.25, -0.2) is 0 Å². The third-order valence-corrected chi connectivity index (χ3v) is 8.20. The predicted molar refractivity (Wildman–Crippen MR) is 152 cm³/mol. The number of nitriles is 1. The van der Waals surface area contributed by atoms with Gasteiger partial charge < -0.3 is 14.7 Å². The minimum absolute atomic E-state index is 0.0241. The van der Waals surface area contributed by atoms with E-state index in [1.807, 2.05) is 51.1 Å². The van der Waals surface area contributed by atoms with E-state index in [0.717, 1.165) is 24.1 Å². The fourth-order valence-corrected chi connectivity index (χ4v) is 5.93. The number of pyridine rings is 1. The van der Waals surface area contributed by atoms with Gasteiger partial charge in [-0.15, -0.1) is 10.2 Å². The second kappa shape index (κ2) is 12.2. The first-order valence-corrected chi connectivity index (χ1v) is 14.0. The van der Waals surface area contributed by atoms with Crippen molar-refractivity contribution in [3.63, 3.8) is 0 Å². The largest absolute Gasteiger partial charge is 0.354 e. The quantitative estimate of drug-likeness (QED) is 0.450. The van der Waals surface area contributed by atoms with Crippen LogP contribution in [0.25, 0.3) is 0 Å². The molecule has 9 nitrogen and oxygen atoms in total. The van der Waals surface area contributed by atoms with E-state index >= 15 is 0 Å². The van der Waals surface area contributed by atoms with Gasteiger partial charge >= 0.3 is 0 Å². The molecule has 3 atom stereocenters. The van der Waals surface area contributed by atoms with Gasteiger partial charge in [0.05, 0.1) is 17.0 Å². The van der Waals surface area contributed by atoms with Crippen LogP contribution in [-0.2, 0) is 9.59 Å². The Morgan fingerprint density at radius 2 is 1.73 bits per heavy atom. The second-order valence-electron chi connectivity index (χ2n) is 10.2. The summed E-state index contributed by atoms with van der Waals surface area (Å²) < 4.78 is 0. The molecule has 206 valence electrons. The van der Waals surface area contributed by atoms with Gasteiger partial charge in [-0.3, -0.25) is 14.6 Å². The van der Waals surface area contributed by atoms with Crippen molar-refractivity contribution in [2.75, 3.05) is 37.6 Å². The third kappa shape index (κ3) is 6.03. The first-order chi connectivity index (χ1) is 19.3. The molecule has 1 aromatic carbocycles. The van der Waals surface area contributed by atoms with Crippen LogP contribution in [0.5, 0.6) is 0 Å². The van der Waals surface area contributed by atoms with Gasteiger partial charge in [0.15, 0.2) is 11.5 Å². The van der Waals surface area contributed by atoms with Crippen LogP contribution in [0.2, 0.25) is 10.0 Å².